The van der Waals surface area contributed by atoms with Crippen LogP contribution in [0.5, 0.6) is 0 Å². The number of rotatable bonds is 3. The molecule has 0 aliphatic carbocycles. The molecule has 1 heterocycles. The lowest BCUT2D eigenvalue weighted by atomic mass is 9.98. The maximum atomic E-state index is 2.37. The molecule has 136 valence electrons. The Morgan fingerprint density at radius 1 is 0.571 bits per heavy atom. The van der Waals surface area contributed by atoms with E-state index in [2.05, 4.69) is 115 Å². The van der Waals surface area contributed by atoms with Crippen molar-refractivity contribution < 1.29 is 0 Å². The normalized spacial score (nSPS) is 11.5. The molecule has 0 amide bonds. The van der Waals surface area contributed by atoms with Gasteiger partial charge in [-0.15, -0.1) is 0 Å². The van der Waals surface area contributed by atoms with E-state index in [1.54, 1.807) is 0 Å². The molecule has 0 aliphatic heterocycles. The van der Waals surface area contributed by atoms with Crippen molar-refractivity contribution in [3.8, 4) is 16.8 Å². The second-order valence-electron chi connectivity index (χ2n) is 7.70. The highest BCUT2D eigenvalue weighted by atomic mass is 15.0. The summed E-state index contributed by atoms with van der Waals surface area (Å²) in [7, 11) is 0. The van der Waals surface area contributed by atoms with Gasteiger partial charge < -0.3 is 4.57 Å². The molecule has 28 heavy (non-hydrogen) atoms. The highest BCUT2D eigenvalue weighted by Gasteiger charge is 2.12. The summed E-state index contributed by atoms with van der Waals surface area (Å²) in [4.78, 5) is 0. The van der Waals surface area contributed by atoms with Crippen LogP contribution in [0, 0.1) is 0 Å². The number of benzene rings is 4. The number of hydrogen-bond donors (Lipinski definition) is 0. The van der Waals surface area contributed by atoms with Crippen LogP contribution in [0.2, 0.25) is 0 Å². The van der Waals surface area contributed by atoms with Gasteiger partial charge in [-0.1, -0.05) is 86.6 Å². The zero-order valence-electron chi connectivity index (χ0n) is 16.3. The molecule has 0 unspecified atom stereocenters. The van der Waals surface area contributed by atoms with Crippen molar-refractivity contribution >= 4 is 21.8 Å². The van der Waals surface area contributed by atoms with Crippen LogP contribution in [-0.4, -0.2) is 4.57 Å². The van der Waals surface area contributed by atoms with Gasteiger partial charge in [-0.3, -0.25) is 0 Å². The van der Waals surface area contributed by atoms with Gasteiger partial charge in [-0.05, 0) is 46.9 Å². The number of para-hydroxylation sites is 2. The van der Waals surface area contributed by atoms with Gasteiger partial charge in [0, 0.05) is 16.5 Å². The van der Waals surface area contributed by atoms with Gasteiger partial charge in [0.05, 0.1) is 11.0 Å². The van der Waals surface area contributed by atoms with Crippen LogP contribution in [0.1, 0.15) is 25.3 Å². The molecule has 5 rings (SSSR count). The topological polar surface area (TPSA) is 4.93 Å². The minimum Gasteiger partial charge on any atom is -0.309 e. The summed E-state index contributed by atoms with van der Waals surface area (Å²) in [6, 6.07) is 35.1. The van der Waals surface area contributed by atoms with Gasteiger partial charge in [-0.2, -0.15) is 0 Å². The molecule has 1 aromatic heterocycles. The van der Waals surface area contributed by atoms with Crippen molar-refractivity contribution in [2.45, 2.75) is 19.8 Å². The second kappa shape index (κ2) is 6.69. The minimum atomic E-state index is 0.553. The maximum Gasteiger partial charge on any atom is 0.0547 e. The van der Waals surface area contributed by atoms with Crippen molar-refractivity contribution in [1.29, 1.82) is 0 Å². The van der Waals surface area contributed by atoms with Crippen LogP contribution in [0.15, 0.2) is 97.1 Å². The van der Waals surface area contributed by atoms with Crippen LogP contribution in [0.3, 0.4) is 0 Å². The zero-order valence-corrected chi connectivity index (χ0v) is 16.3. The largest absolute Gasteiger partial charge is 0.309 e. The summed E-state index contributed by atoms with van der Waals surface area (Å²) in [5, 5.41) is 2.59. The first-order valence-electron chi connectivity index (χ1n) is 9.91. The summed E-state index contributed by atoms with van der Waals surface area (Å²) in [5.74, 6) is 0.553. The highest BCUT2D eigenvalue weighted by Crippen LogP contribution is 2.34. The number of aromatic nitrogens is 1. The highest BCUT2D eigenvalue weighted by molar-refractivity contribution is 6.10. The van der Waals surface area contributed by atoms with E-state index in [-0.39, 0.29) is 0 Å². The molecule has 5 aromatic rings. The quantitative estimate of drug-likeness (QED) is 0.312. The maximum absolute atomic E-state index is 2.37. The molecule has 0 saturated heterocycles. The molecule has 0 atom stereocenters. The van der Waals surface area contributed by atoms with Gasteiger partial charge in [0.1, 0.15) is 0 Å². The zero-order chi connectivity index (χ0) is 19.1. The lowest BCUT2D eigenvalue weighted by Gasteiger charge is -2.10. The van der Waals surface area contributed by atoms with Crippen molar-refractivity contribution in [2.75, 3.05) is 0 Å². The van der Waals surface area contributed by atoms with E-state index in [9.17, 15) is 0 Å². The Hall–Kier alpha value is -3.32. The van der Waals surface area contributed by atoms with E-state index in [1.807, 2.05) is 0 Å². The van der Waals surface area contributed by atoms with Gasteiger partial charge in [0.2, 0.25) is 0 Å². The molecule has 0 spiro atoms. The second-order valence-corrected chi connectivity index (χ2v) is 7.70. The Morgan fingerprint density at radius 2 is 1.21 bits per heavy atom. The Balaban J connectivity index is 1.76. The summed E-state index contributed by atoms with van der Waals surface area (Å²) >= 11 is 0. The predicted molar refractivity (Wildman–Crippen MR) is 120 cm³/mol. The fourth-order valence-corrected chi connectivity index (χ4v) is 4.07. The summed E-state index contributed by atoms with van der Waals surface area (Å²) < 4.78 is 2.37. The molecule has 0 N–H and O–H groups in total. The summed E-state index contributed by atoms with van der Waals surface area (Å²) in [5.41, 5.74) is 7.58. The Morgan fingerprint density at radius 3 is 1.96 bits per heavy atom. The van der Waals surface area contributed by atoms with E-state index in [0.29, 0.717) is 5.92 Å². The fraction of sp³-hybridized carbons (Fsp3) is 0.111. The number of nitrogens with zero attached hydrogens (tertiary/aromatic N) is 1. The Kier molecular flexibility index (Phi) is 4.02. The Bertz CT molecular complexity index is 1260. The summed E-state index contributed by atoms with van der Waals surface area (Å²) in [6.45, 7) is 4.47. The lowest BCUT2D eigenvalue weighted by Crippen LogP contribution is -1.93. The lowest BCUT2D eigenvalue weighted by molar-refractivity contribution is 0.867. The monoisotopic (exact) mass is 361 g/mol. The average molecular weight is 361 g/mol. The predicted octanol–water partition coefficient (Wildman–Crippen LogP) is 7.57. The summed E-state index contributed by atoms with van der Waals surface area (Å²) in [6.07, 6.45) is 0. The van der Waals surface area contributed by atoms with Crippen molar-refractivity contribution in [1.82, 2.24) is 4.57 Å². The first kappa shape index (κ1) is 16.8. The van der Waals surface area contributed by atoms with Crippen LogP contribution in [0.25, 0.3) is 38.6 Å². The van der Waals surface area contributed by atoms with Crippen molar-refractivity contribution in [3.05, 3.63) is 103 Å². The van der Waals surface area contributed by atoms with E-state index in [4.69, 9.17) is 0 Å². The van der Waals surface area contributed by atoms with Gasteiger partial charge in [0.25, 0.3) is 0 Å². The fourth-order valence-electron chi connectivity index (χ4n) is 4.07. The SMILES string of the molecule is CC(C)c1ccc(-c2ccc3c4ccccc4n(-c4ccccc4)c3c2)cc1. The molecule has 0 bridgehead atoms. The first-order chi connectivity index (χ1) is 13.7. The first-order valence-corrected chi connectivity index (χ1v) is 9.91. The van der Waals surface area contributed by atoms with Crippen LogP contribution >= 0.6 is 0 Å². The molecule has 0 radical (unpaired) electrons. The van der Waals surface area contributed by atoms with Crippen LogP contribution in [-0.2, 0) is 0 Å². The molecule has 0 aliphatic rings. The van der Waals surface area contributed by atoms with E-state index < -0.39 is 0 Å². The van der Waals surface area contributed by atoms with Crippen LogP contribution in [0.4, 0.5) is 0 Å². The third-order valence-corrected chi connectivity index (χ3v) is 5.60. The molecule has 0 saturated carbocycles. The van der Waals surface area contributed by atoms with Crippen molar-refractivity contribution in [3.63, 3.8) is 0 Å². The number of fused-ring (bicyclic) bond motifs is 3. The smallest absolute Gasteiger partial charge is 0.0547 e. The molecule has 1 heteroatoms. The standard InChI is InChI=1S/C27H23N/c1-19(2)20-12-14-21(15-13-20)22-16-17-25-24-10-6-7-11-26(24)28(27(25)18-22)23-8-4-3-5-9-23/h3-19H,1-2H3. The van der Waals surface area contributed by atoms with Gasteiger partial charge in [0.15, 0.2) is 0 Å². The minimum absolute atomic E-state index is 0.553. The van der Waals surface area contributed by atoms with Crippen LogP contribution < -0.4 is 0 Å². The van der Waals surface area contributed by atoms with E-state index >= 15 is 0 Å². The Labute approximate surface area is 165 Å². The molecule has 4 aromatic carbocycles. The molecular formula is C27H23N. The third kappa shape index (κ3) is 2.71. The number of hydrogen-bond acceptors (Lipinski definition) is 0. The molecule has 1 nitrogen and oxygen atoms in total. The van der Waals surface area contributed by atoms with E-state index in [0.717, 1.165) is 0 Å². The van der Waals surface area contributed by atoms with Gasteiger partial charge in [-0.25, -0.2) is 0 Å². The molecule has 0 fully saturated rings. The third-order valence-electron chi connectivity index (χ3n) is 5.60. The average Bonchev–Trinajstić information content (AvgIpc) is 3.08. The van der Waals surface area contributed by atoms with E-state index in [1.165, 1.54) is 44.2 Å². The molecular weight excluding hydrogens is 338 g/mol. The van der Waals surface area contributed by atoms with Gasteiger partial charge >= 0.3 is 0 Å². The van der Waals surface area contributed by atoms with Crippen molar-refractivity contribution in [2.24, 2.45) is 0 Å².